The molecule has 3 amide bonds. The molecular weight excluding hydrogens is 598 g/mol. The van der Waals surface area contributed by atoms with Gasteiger partial charge in [0.1, 0.15) is 5.70 Å². The van der Waals surface area contributed by atoms with Gasteiger partial charge in [0.05, 0.1) is 5.75 Å². The molecule has 4 aromatic carbocycles. The van der Waals surface area contributed by atoms with Gasteiger partial charge in [-0.2, -0.15) is 0 Å². The predicted molar refractivity (Wildman–Crippen MR) is 169 cm³/mol. The fraction of sp³-hybridized carbons (Fsp3) is 0.121. The number of fused-ring (bicyclic) bond motifs is 1. The van der Waals surface area contributed by atoms with Gasteiger partial charge in [0.25, 0.3) is 11.8 Å². The molecule has 0 aromatic heterocycles. The lowest BCUT2D eigenvalue weighted by atomic mass is 10.0. The maximum absolute atomic E-state index is 13.4. The Bertz CT molecular complexity index is 1590. The van der Waals surface area contributed by atoms with Gasteiger partial charge in [-0.1, -0.05) is 70.5 Å². The fourth-order valence-corrected chi connectivity index (χ4v) is 5.64. The molecular formula is C33H28BrN3O3S. The summed E-state index contributed by atoms with van der Waals surface area (Å²) in [6.45, 7) is 0.717. The van der Waals surface area contributed by atoms with Crippen LogP contribution in [0.2, 0.25) is 0 Å². The van der Waals surface area contributed by atoms with E-state index in [0.29, 0.717) is 17.8 Å². The molecule has 5 rings (SSSR count). The van der Waals surface area contributed by atoms with E-state index >= 15 is 0 Å². The van der Waals surface area contributed by atoms with E-state index < -0.39 is 5.91 Å². The minimum atomic E-state index is -0.458. The molecule has 6 nitrogen and oxygen atoms in total. The van der Waals surface area contributed by atoms with Crippen molar-refractivity contribution in [1.82, 2.24) is 5.32 Å². The summed E-state index contributed by atoms with van der Waals surface area (Å²) < 4.78 is 0.909. The molecule has 0 fully saturated rings. The topological polar surface area (TPSA) is 78.5 Å². The minimum absolute atomic E-state index is 0.0555. The molecule has 1 heterocycles. The van der Waals surface area contributed by atoms with E-state index in [1.807, 2.05) is 71.6 Å². The van der Waals surface area contributed by atoms with Crippen molar-refractivity contribution in [2.45, 2.75) is 17.7 Å². The Balaban J connectivity index is 1.28. The zero-order chi connectivity index (χ0) is 28.6. The normalized spacial score (nSPS) is 12.8. The summed E-state index contributed by atoms with van der Waals surface area (Å²) in [5.41, 5.74) is 4.07. The van der Waals surface area contributed by atoms with Crippen LogP contribution in [0.1, 0.15) is 27.9 Å². The molecule has 0 atom stereocenters. The second-order valence-electron chi connectivity index (χ2n) is 9.48. The third-order valence-corrected chi connectivity index (χ3v) is 8.08. The van der Waals surface area contributed by atoms with Crippen LogP contribution in [0, 0.1) is 0 Å². The summed E-state index contributed by atoms with van der Waals surface area (Å²) in [7, 11) is 0. The minimum Gasteiger partial charge on any atom is -0.321 e. The number of thioether (sulfide) groups is 1. The van der Waals surface area contributed by atoms with E-state index in [-0.39, 0.29) is 23.3 Å². The lowest BCUT2D eigenvalue weighted by Gasteiger charge is -2.29. The van der Waals surface area contributed by atoms with E-state index in [1.54, 1.807) is 36.4 Å². The number of benzene rings is 4. The first kappa shape index (κ1) is 28.4. The Hall–Kier alpha value is -4.14. The van der Waals surface area contributed by atoms with E-state index in [4.69, 9.17) is 0 Å². The van der Waals surface area contributed by atoms with E-state index in [9.17, 15) is 14.4 Å². The van der Waals surface area contributed by atoms with Gasteiger partial charge in [-0.15, -0.1) is 11.8 Å². The number of rotatable bonds is 8. The van der Waals surface area contributed by atoms with Crippen LogP contribution in [0.4, 0.5) is 11.4 Å². The molecule has 1 aliphatic rings. The van der Waals surface area contributed by atoms with Crippen LogP contribution in [0.15, 0.2) is 118 Å². The summed E-state index contributed by atoms with van der Waals surface area (Å²) in [4.78, 5) is 42.1. The van der Waals surface area contributed by atoms with Crippen molar-refractivity contribution in [3.05, 3.63) is 130 Å². The number of nitrogens with one attached hydrogen (secondary N) is 2. The summed E-state index contributed by atoms with van der Waals surface area (Å²) in [6, 6.07) is 31.6. The van der Waals surface area contributed by atoms with Crippen molar-refractivity contribution < 1.29 is 14.4 Å². The molecule has 0 radical (unpaired) electrons. The third-order valence-electron chi connectivity index (χ3n) is 6.58. The lowest BCUT2D eigenvalue weighted by molar-refractivity contribution is -0.116. The van der Waals surface area contributed by atoms with E-state index in [1.165, 1.54) is 17.3 Å². The van der Waals surface area contributed by atoms with Gasteiger partial charge in [-0.25, -0.2) is 0 Å². The number of halogens is 1. The standard InChI is InChI=1S/C33H28BrN3O3S/c34-26-17-15-23(16-18-26)20-29(36-32(39)25-9-2-1-3-10-25)33(40)35-27-12-6-13-28(21-27)41-22-31(38)37-19-7-11-24-8-4-5-14-30(24)37/h1-6,8-10,12-18,20-21H,7,11,19,22H2,(H,35,40)(H,36,39)/b29-20-. The van der Waals surface area contributed by atoms with E-state index in [2.05, 4.69) is 32.6 Å². The van der Waals surface area contributed by atoms with Gasteiger partial charge in [0.2, 0.25) is 5.91 Å². The first-order chi connectivity index (χ1) is 20.0. The molecule has 8 heteroatoms. The SMILES string of the molecule is O=C(Nc1cccc(SCC(=O)N2CCCc3ccccc32)c1)/C(=C/c1ccc(Br)cc1)NC(=O)c1ccccc1. The zero-order valence-electron chi connectivity index (χ0n) is 22.2. The Labute approximate surface area is 252 Å². The first-order valence-corrected chi connectivity index (χ1v) is 15.0. The summed E-state index contributed by atoms with van der Waals surface area (Å²) in [5.74, 6) is -0.500. The molecule has 0 bridgehead atoms. The highest BCUT2D eigenvalue weighted by Gasteiger charge is 2.22. The first-order valence-electron chi connectivity index (χ1n) is 13.2. The third kappa shape index (κ3) is 7.54. The number of aryl methyl sites for hydroxylation is 1. The van der Waals surface area contributed by atoms with Crippen LogP contribution in [-0.4, -0.2) is 30.0 Å². The summed E-state index contributed by atoms with van der Waals surface area (Å²) in [5, 5.41) is 5.65. The number of anilines is 2. The molecule has 206 valence electrons. The summed E-state index contributed by atoms with van der Waals surface area (Å²) >= 11 is 4.85. The lowest BCUT2D eigenvalue weighted by Crippen LogP contribution is -2.36. The van der Waals surface area contributed by atoms with Crippen molar-refractivity contribution >= 4 is 62.9 Å². The average molecular weight is 627 g/mol. The molecule has 41 heavy (non-hydrogen) atoms. The molecule has 0 saturated heterocycles. The number of amides is 3. The molecule has 0 spiro atoms. The number of hydrogen-bond donors (Lipinski definition) is 2. The maximum Gasteiger partial charge on any atom is 0.272 e. The van der Waals surface area contributed by atoms with Crippen LogP contribution in [0.25, 0.3) is 6.08 Å². The van der Waals surface area contributed by atoms with Gasteiger partial charge in [0, 0.05) is 32.9 Å². The highest BCUT2D eigenvalue weighted by Crippen LogP contribution is 2.29. The van der Waals surface area contributed by atoms with Crippen LogP contribution in [0.3, 0.4) is 0 Å². The second kappa shape index (κ2) is 13.5. The monoisotopic (exact) mass is 625 g/mol. The van der Waals surface area contributed by atoms with Gasteiger partial charge in [0.15, 0.2) is 0 Å². The van der Waals surface area contributed by atoms with E-state index in [0.717, 1.165) is 33.5 Å². The number of hydrogen-bond acceptors (Lipinski definition) is 4. The van der Waals surface area contributed by atoms with Crippen LogP contribution >= 0.6 is 27.7 Å². The second-order valence-corrected chi connectivity index (χ2v) is 11.4. The Morgan fingerprint density at radius 2 is 1.63 bits per heavy atom. The highest BCUT2D eigenvalue weighted by molar-refractivity contribution is 9.10. The Morgan fingerprint density at radius 1 is 0.878 bits per heavy atom. The Morgan fingerprint density at radius 3 is 2.44 bits per heavy atom. The van der Waals surface area contributed by atoms with Gasteiger partial charge < -0.3 is 15.5 Å². The van der Waals surface area contributed by atoms with Crippen molar-refractivity contribution in [3.8, 4) is 0 Å². The quantitative estimate of drug-likeness (QED) is 0.164. The zero-order valence-corrected chi connectivity index (χ0v) is 24.6. The number of para-hydroxylation sites is 1. The van der Waals surface area contributed by atoms with Crippen LogP contribution < -0.4 is 15.5 Å². The predicted octanol–water partition coefficient (Wildman–Crippen LogP) is 6.93. The van der Waals surface area contributed by atoms with Gasteiger partial charge >= 0.3 is 0 Å². The molecule has 2 N–H and O–H groups in total. The number of nitrogens with zero attached hydrogens (tertiary/aromatic N) is 1. The number of carbonyl (C=O) groups is 3. The van der Waals surface area contributed by atoms with Crippen LogP contribution in [0.5, 0.6) is 0 Å². The fourth-order valence-electron chi connectivity index (χ4n) is 4.55. The highest BCUT2D eigenvalue weighted by atomic mass is 79.9. The Kier molecular flexibility index (Phi) is 9.33. The molecule has 0 saturated carbocycles. The molecule has 0 unspecified atom stereocenters. The summed E-state index contributed by atoms with van der Waals surface area (Å²) in [6.07, 6.45) is 3.57. The van der Waals surface area contributed by atoms with Gasteiger partial charge in [-0.05, 0) is 78.6 Å². The largest absolute Gasteiger partial charge is 0.321 e. The molecule has 4 aromatic rings. The van der Waals surface area contributed by atoms with Crippen LogP contribution in [-0.2, 0) is 16.0 Å². The average Bonchev–Trinajstić information content (AvgIpc) is 3.01. The van der Waals surface area contributed by atoms with Crippen molar-refractivity contribution in [1.29, 1.82) is 0 Å². The van der Waals surface area contributed by atoms with Crippen molar-refractivity contribution in [2.75, 3.05) is 22.5 Å². The maximum atomic E-state index is 13.4. The number of carbonyl (C=O) groups excluding carboxylic acids is 3. The molecule has 0 aliphatic carbocycles. The smallest absolute Gasteiger partial charge is 0.272 e. The van der Waals surface area contributed by atoms with Gasteiger partial charge in [-0.3, -0.25) is 14.4 Å². The van der Waals surface area contributed by atoms with Crippen molar-refractivity contribution in [2.24, 2.45) is 0 Å². The molecule has 1 aliphatic heterocycles. The van der Waals surface area contributed by atoms with Crippen molar-refractivity contribution in [3.63, 3.8) is 0 Å².